The van der Waals surface area contributed by atoms with E-state index in [1.165, 1.54) is 24.3 Å². The fourth-order valence-electron chi connectivity index (χ4n) is 2.50. The van der Waals surface area contributed by atoms with Crippen molar-refractivity contribution in [1.29, 1.82) is 0 Å². The van der Waals surface area contributed by atoms with Gasteiger partial charge in [0.15, 0.2) is 0 Å². The Labute approximate surface area is 134 Å². The first-order chi connectivity index (χ1) is 9.79. The molecule has 0 fully saturated rings. The minimum absolute atomic E-state index is 0.0176. The third kappa shape index (κ3) is 2.59. The maximum Gasteiger partial charge on any atom is 0.331 e. The summed E-state index contributed by atoms with van der Waals surface area (Å²) in [5.41, 5.74) is -1.35. The van der Waals surface area contributed by atoms with Gasteiger partial charge in [0.2, 0.25) is 0 Å². The van der Waals surface area contributed by atoms with E-state index in [2.05, 4.69) is 0 Å². The Morgan fingerprint density at radius 1 is 1.29 bits per heavy atom. The molecule has 21 heavy (non-hydrogen) atoms. The molecular weight excluding hydrogens is 390 g/mol. The third-order valence-electron chi connectivity index (χ3n) is 3.69. The average molecular weight is 402 g/mol. The Balaban J connectivity index is 2.68. The molecule has 0 heterocycles. The van der Waals surface area contributed by atoms with Gasteiger partial charge in [0.05, 0.1) is 0 Å². The van der Waals surface area contributed by atoms with Crippen molar-refractivity contribution in [2.75, 3.05) is 0 Å². The Hall–Kier alpha value is -1.70. The van der Waals surface area contributed by atoms with Crippen molar-refractivity contribution < 1.29 is 24.2 Å². The zero-order valence-electron chi connectivity index (χ0n) is 11.1. The third-order valence-corrected chi connectivity index (χ3v) is 4.37. The molecule has 1 aromatic rings. The van der Waals surface area contributed by atoms with Gasteiger partial charge < -0.3 is 10.2 Å². The van der Waals surface area contributed by atoms with Crippen LogP contribution in [0.1, 0.15) is 18.9 Å². The normalized spacial score (nSPS) is 21.5. The minimum atomic E-state index is -1.68. The number of hydrogen-bond donors (Lipinski definition) is 2. The summed E-state index contributed by atoms with van der Waals surface area (Å²) in [4.78, 5) is 23.0. The quantitative estimate of drug-likeness (QED) is 0.763. The van der Waals surface area contributed by atoms with Crippen molar-refractivity contribution in [3.63, 3.8) is 0 Å². The van der Waals surface area contributed by atoms with Crippen LogP contribution in [0.4, 0.5) is 4.39 Å². The van der Waals surface area contributed by atoms with Gasteiger partial charge in [0.25, 0.3) is 0 Å². The van der Waals surface area contributed by atoms with Crippen LogP contribution in [-0.2, 0) is 15.0 Å². The van der Waals surface area contributed by atoms with Gasteiger partial charge in [-0.25, -0.2) is 9.18 Å². The number of halogens is 2. The molecule has 0 saturated carbocycles. The van der Waals surface area contributed by atoms with Gasteiger partial charge in [-0.15, -0.1) is 0 Å². The number of carboxylic acid groups (broad SMARTS) is 2. The first-order valence-electron chi connectivity index (χ1n) is 6.09. The molecule has 0 bridgehead atoms. The van der Waals surface area contributed by atoms with Gasteiger partial charge in [-0.3, -0.25) is 4.79 Å². The van der Waals surface area contributed by atoms with Crippen LogP contribution in [0.5, 0.6) is 0 Å². The highest BCUT2D eigenvalue weighted by molar-refractivity contribution is 14.1. The molecule has 2 N–H and O–H groups in total. The van der Waals surface area contributed by atoms with Gasteiger partial charge in [0, 0.05) is 21.1 Å². The highest BCUT2D eigenvalue weighted by Crippen LogP contribution is 2.42. The van der Waals surface area contributed by atoms with Crippen LogP contribution in [0.3, 0.4) is 0 Å². The van der Waals surface area contributed by atoms with Gasteiger partial charge in [0.1, 0.15) is 11.2 Å². The molecule has 1 aliphatic rings. The van der Waals surface area contributed by atoms with Crippen LogP contribution >= 0.6 is 22.6 Å². The fourth-order valence-corrected chi connectivity index (χ4v) is 2.95. The monoisotopic (exact) mass is 402 g/mol. The summed E-state index contributed by atoms with van der Waals surface area (Å²) in [7, 11) is 0. The van der Waals surface area contributed by atoms with E-state index in [0.717, 1.165) is 0 Å². The highest BCUT2D eigenvalue weighted by atomic mass is 127. The second-order valence-electron chi connectivity index (χ2n) is 4.86. The molecule has 0 aliphatic heterocycles. The van der Waals surface area contributed by atoms with E-state index >= 15 is 0 Å². The first-order valence-corrected chi connectivity index (χ1v) is 7.17. The molecule has 0 amide bonds. The summed E-state index contributed by atoms with van der Waals surface area (Å²) in [5, 5.41) is 18.8. The van der Waals surface area contributed by atoms with E-state index in [4.69, 9.17) is 5.11 Å². The maximum atomic E-state index is 14.3. The highest BCUT2D eigenvalue weighted by Gasteiger charge is 2.46. The Kier molecular flexibility index (Phi) is 4.18. The lowest BCUT2D eigenvalue weighted by atomic mass is 9.68. The molecule has 0 radical (unpaired) electrons. The lowest BCUT2D eigenvalue weighted by Gasteiger charge is -2.33. The van der Waals surface area contributed by atoms with Crippen molar-refractivity contribution in [3.8, 4) is 0 Å². The van der Waals surface area contributed by atoms with Crippen LogP contribution in [0, 0.1) is 9.39 Å². The zero-order valence-corrected chi connectivity index (χ0v) is 13.2. The predicted octanol–water partition coefficient (Wildman–Crippen LogP) is 3.11. The number of hydrogen-bond acceptors (Lipinski definition) is 2. The summed E-state index contributed by atoms with van der Waals surface area (Å²) in [6, 6.07) is 4.26. The van der Waals surface area contributed by atoms with E-state index in [-0.39, 0.29) is 17.6 Å². The van der Waals surface area contributed by atoms with Gasteiger partial charge in [-0.1, -0.05) is 23.8 Å². The Morgan fingerprint density at radius 3 is 2.48 bits per heavy atom. The summed E-state index contributed by atoms with van der Waals surface area (Å²) < 4.78 is 14.9. The molecule has 0 aromatic heterocycles. The number of rotatable bonds is 3. The maximum absolute atomic E-state index is 14.3. The van der Waals surface area contributed by atoms with Crippen molar-refractivity contribution in [2.45, 2.75) is 18.8 Å². The predicted molar refractivity (Wildman–Crippen MR) is 82.5 cm³/mol. The summed E-state index contributed by atoms with van der Waals surface area (Å²) in [5.74, 6) is -3.11. The van der Waals surface area contributed by atoms with E-state index in [9.17, 15) is 19.1 Å². The molecule has 1 atom stereocenters. The molecule has 0 spiro atoms. The Morgan fingerprint density at radius 2 is 1.95 bits per heavy atom. The van der Waals surface area contributed by atoms with E-state index in [1.807, 2.05) is 22.6 Å². The second-order valence-corrected chi connectivity index (χ2v) is 6.10. The molecule has 4 nitrogen and oxygen atoms in total. The Bertz CT molecular complexity index is 693. The van der Waals surface area contributed by atoms with Gasteiger partial charge in [-0.05, 0) is 41.6 Å². The molecular formula is C15H12FIO4. The molecule has 1 aliphatic carbocycles. The fraction of sp³-hybridized carbons (Fsp3) is 0.200. The molecule has 0 saturated heterocycles. The summed E-state index contributed by atoms with van der Waals surface area (Å²) in [6.45, 7) is 1.57. The first kappa shape index (κ1) is 15.7. The summed E-state index contributed by atoms with van der Waals surface area (Å²) >= 11 is 1.93. The van der Waals surface area contributed by atoms with Crippen LogP contribution < -0.4 is 0 Å². The van der Waals surface area contributed by atoms with Crippen molar-refractivity contribution in [3.05, 3.63) is 56.4 Å². The second kappa shape index (κ2) is 5.59. The molecule has 1 aromatic carbocycles. The van der Waals surface area contributed by atoms with Crippen LogP contribution in [0.15, 0.2) is 41.5 Å². The molecule has 1 unspecified atom stereocenters. The number of aliphatic carboxylic acids is 2. The number of allylic oxidation sites excluding steroid dienone is 2. The topological polar surface area (TPSA) is 74.6 Å². The zero-order chi connectivity index (χ0) is 15.8. The van der Waals surface area contributed by atoms with Crippen molar-refractivity contribution >= 4 is 34.5 Å². The lowest BCUT2D eigenvalue weighted by molar-refractivity contribution is -0.142. The van der Waals surface area contributed by atoms with Crippen molar-refractivity contribution in [1.82, 2.24) is 0 Å². The van der Waals surface area contributed by atoms with Gasteiger partial charge in [-0.2, -0.15) is 0 Å². The van der Waals surface area contributed by atoms with Crippen molar-refractivity contribution in [2.24, 2.45) is 0 Å². The molecule has 2 rings (SSSR count). The number of carboxylic acids is 2. The number of carbonyl (C=O) groups is 2. The largest absolute Gasteiger partial charge is 0.480 e. The van der Waals surface area contributed by atoms with Crippen LogP contribution in [-0.4, -0.2) is 22.2 Å². The summed E-state index contributed by atoms with van der Waals surface area (Å²) in [6.07, 6.45) is 2.51. The standard InChI is InChI=1S/C15H12FIO4/c1-8-2-3-9(13(18)19)7-15(8,14(20)21)11-5-4-10(17)6-12(11)16/h2-6H,7H2,1H3,(H,18,19)(H,20,21). The van der Waals surface area contributed by atoms with Gasteiger partial charge >= 0.3 is 11.9 Å². The molecule has 6 heteroatoms. The van der Waals surface area contributed by atoms with Crippen LogP contribution in [0.2, 0.25) is 0 Å². The van der Waals surface area contributed by atoms with E-state index < -0.39 is 23.2 Å². The SMILES string of the molecule is CC1=CC=C(C(=O)O)CC1(C(=O)O)c1ccc(I)cc1F. The van der Waals surface area contributed by atoms with Crippen LogP contribution in [0.25, 0.3) is 0 Å². The molecule has 110 valence electrons. The average Bonchev–Trinajstić information content (AvgIpc) is 2.39. The smallest absolute Gasteiger partial charge is 0.331 e. The van der Waals surface area contributed by atoms with E-state index in [1.54, 1.807) is 13.0 Å². The lowest BCUT2D eigenvalue weighted by Crippen LogP contribution is -2.40. The van der Waals surface area contributed by atoms with E-state index in [0.29, 0.717) is 9.14 Å². The minimum Gasteiger partial charge on any atom is -0.480 e. The number of benzene rings is 1.